The van der Waals surface area contributed by atoms with E-state index in [0.29, 0.717) is 19.3 Å². The predicted octanol–water partition coefficient (Wildman–Crippen LogP) is 3.24. The zero-order valence-corrected chi connectivity index (χ0v) is 11.6. The van der Waals surface area contributed by atoms with E-state index in [4.69, 9.17) is 4.74 Å². The van der Waals surface area contributed by atoms with Gasteiger partial charge in [-0.05, 0) is 31.0 Å². The Bertz CT molecular complexity index is 542. The standard InChI is InChI=1S/C15H16F2O4/c1-20-12-6-5-10(8-13(12)21-15(16)17)14(19)9-3-2-4-11(18)7-9/h5-6,8-9,15H,2-4,7H2,1H3. The fourth-order valence-electron chi connectivity index (χ4n) is 2.50. The summed E-state index contributed by atoms with van der Waals surface area (Å²) in [6, 6.07) is 4.15. The Labute approximate surface area is 121 Å². The fourth-order valence-corrected chi connectivity index (χ4v) is 2.50. The molecule has 4 nitrogen and oxygen atoms in total. The van der Waals surface area contributed by atoms with Gasteiger partial charge in [-0.1, -0.05) is 0 Å². The smallest absolute Gasteiger partial charge is 0.387 e. The number of methoxy groups -OCH3 is 1. The second-order valence-corrected chi connectivity index (χ2v) is 4.94. The van der Waals surface area contributed by atoms with Gasteiger partial charge in [0.2, 0.25) is 0 Å². The molecule has 0 N–H and O–H groups in total. The highest BCUT2D eigenvalue weighted by molar-refractivity contribution is 6.01. The number of ether oxygens (including phenoxy) is 2. The van der Waals surface area contributed by atoms with Crippen molar-refractivity contribution >= 4 is 11.6 Å². The van der Waals surface area contributed by atoms with Crippen LogP contribution in [-0.4, -0.2) is 25.3 Å². The van der Waals surface area contributed by atoms with Crippen molar-refractivity contribution in [3.63, 3.8) is 0 Å². The van der Waals surface area contributed by atoms with Crippen LogP contribution in [0.2, 0.25) is 0 Å². The van der Waals surface area contributed by atoms with E-state index in [1.807, 2.05) is 0 Å². The van der Waals surface area contributed by atoms with E-state index in [9.17, 15) is 18.4 Å². The first kappa shape index (κ1) is 15.4. The maximum Gasteiger partial charge on any atom is 0.387 e. The summed E-state index contributed by atoms with van der Waals surface area (Å²) >= 11 is 0. The fraction of sp³-hybridized carbons (Fsp3) is 0.467. The first-order valence-electron chi connectivity index (χ1n) is 6.70. The molecule has 0 amide bonds. The number of halogens is 2. The highest BCUT2D eigenvalue weighted by Gasteiger charge is 2.27. The average Bonchev–Trinajstić information content (AvgIpc) is 2.46. The molecule has 1 aromatic rings. The molecule has 114 valence electrons. The lowest BCUT2D eigenvalue weighted by molar-refractivity contribution is -0.121. The number of Topliss-reactive ketones (excluding diaryl/α,β-unsaturated/α-hetero) is 2. The van der Waals surface area contributed by atoms with E-state index < -0.39 is 6.61 Å². The summed E-state index contributed by atoms with van der Waals surface area (Å²) in [6.07, 6.45) is 2.05. The van der Waals surface area contributed by atoms with Crippen molar-refractivity contribution in [3.05, 3.63) is 23.8 Å². The van der Waals surface area contributed by atoms with Gasteiger partial charge in [0.15, 0.2) is 17.3 Å². The molecule has 0 bridgehead atoms. The Morgan fingerprint density at radius 1 is 1.33 bits per heavy atom. The van der Waals surface area contributed by atoms with Gasteiger partial charge in [-0.15, -0.1) is 0 Å². The molecule has 0 heterocycles. The first-order valence-corrected chi connectivity index (χ1v) is 6.70. The maximum absolute atomic E-state index is 12.4. The molecule has 1 aromatic carbocycles. The van der Waals surface area contributed by atoms with Crippen LogP contribution in [0.5, 0.6) is 11.5 Å². The molecule has 1 fully saturated rings. The lowest BCUT2D eigenvalue weighted by Gasteiger charge is -2.20. The molecular formula is C15H16F2O4. The molecule has 0 spiro atoms. The topological polar surface area (TPSA) is 52.6 Å². The van der Waals surface area contributed by atoms with Gasteiger partial charge in [0.05, 0.1) is 7.11 Å². The summed E-state index contributed by atoms with van der Waals surface area (Å²) in [5.74, 6) is -0.576. The first-order chi connectivity index (χ1) is 10.0. The minimum Gasteiger partial charge on any atom is -0.493 e. The van der Waals surface area contributed by atoms with Gasteiger partial charge >= 0.3 is 6.61 Å². The largest absolute Gasteiger partial charge is 0.493 e. The molecule has 0 radical (unpaired) electrons. The molecule has 1 atom stereocenters. The van der Waals surface area contributed by atoms with Crippen LogP contribution in [0.4, 0.5) is 8.78 Å². The Morgan fingerprint density at radius 3 is 2.71 bits per heavy atom. The van der Waals surface area contributed by atoms with Crippen LogP contribution in [0.3, 0.4) is 0 Å². The van der Waals surface area contributed by atoms with E-state index in [1.54, 1.807) is 0 Å². The van der Waals surface area contributed by atoms with Gasteiger partial charge in [0, 0.05) is 24.3 Å². The monoisotopic (exact) mass is 298 g/mol. The Balaban J connectivity index is 2.22. The molecule has 2 rings (SSSR count). The molecule has 0 aromatic heterocycles. The van der Waals surface area contributed by atoms with Crippen LogP contribution in [0.25, 0.3) is 0 Å². The molecule has 1 aliphatic rings. The third-order valence-corrected chi connectivity index (χ3v) is 3.52. The van der Waals surface area contributed by atoms with Crippen LogP contribution in [0, 0.1) is 5.92 Å². The van der Waals surface area contributed by atoms with Crippen molar-refractivity contribution in [2.45, 2.75) is 32.3 Å². The Hall–Kier alpha value is -1.98. The Morgan fingerprint density at radius 2 is 2.10 bits per heavy atom. The summed E-state index contributed by atoms with van der Waals surface area (Å²) in [6.45, 7) is -3.00. The molecule has 0 saturated heterocycles. The third kappa shape index (κ3) is 3.77. The SMILES string of the molecule is COc1ccc(C(=O)C2CCCC(=O)C2)cc1OC(F)F. The summed E-state index contributed by atoms with van der Waals surface area (Å²) < 4.78 is 34.0. The number of carbonyl (C=O) groups is 2. The summed E-state index contributed by atoms with van der Waals surface area (Å²) in [5.41, 5.74) is 0.256. The van der Waals surface area contributed by atoms with Crippen LogP contribution in [0.1, 0.15) is 36.0 Å². The molecule has 21 heavy (non-hydrogen) atoms. The highest BCUT2D eigenvalue weighted by atomic mass is 19.3. The Kier molecular flexibility index (Phi) is 4.88. The molecule has 1 saturated carbocycles. The highest BCUT2D eigenvalue weighted by Crippen LogP contribution is 2.32. The molecule has 6 heteroatoms. The van der Waals surface area contributed by atoms with E-state index in [2.05, 4.69) is 4.74 Å². The van der Waals surface area contributed by atoms with Gasteiger partial charge in [-0.3, -0.25) is 9.59 Å². The van der Waals surface area contributed by atoms with Crippen molar-refractivity contribution in [1.29, 1.82) is 0 Å². The van der Waals surface area contributed by atoms with Gasteiger partial charge in [0.1, 0.15) is 5.78 Å². The van der Waals surface area contributed by atoms with Crippen molar-refractivity contribution in [1.82, 2.24) is 0 Å². The van der Waals surface area contributed by atoms with Crippen molar-refractivity contribution < 1.29 is 27.8 Å². The minimum atomic E-state index is -3.00. The molecule has 0 aliphatic heterocycles. The van der Waals surface area contributed by atoms with Gasteiger partial charge in [0.25, 0.3) is 0 Å². The van der Waals surface area contributed by atoms with E-state index in [-0.39, 0.29) is 41.0 Å². The van der Waals surface area contributed by atoms with Crippen LogP contribution in [-0.2, 0) is 4.79 Å². The molecule has 1 unspecified atom stereocenters. The second kappa shape index (κ2) is 6.65. The number of hydrogen-bond acceptors (Lipinski definition) is 4. The number of carbonyl (C=O) groups excluding carboxylic acids is 2. The van der Waals surface area contributed by atoms with Gasteiger partial charge < -0.3 is 9.47 Å². The molecular weight excluding hydrogens is 282 g/mol. The normalized spacial score (nSPS) is 18.7. The number of ketones is 2. The predicted molar refractivity (Wildman–Crippen MR) is 70.9 cm³/mol. The van der Waals surface area contributed by atoms with E-state index in [0.717, 1.165) is 0 Å². The average molecular weight is 298 g/mol. The number of alkyl halides is 2. The molecule has 1 aliphatic carbocycles. The maximum atomic E-state index is 12.4. The number of benzene rings is 1. The summed E-state index contributed by atoms with van der Waals surface area (Å²) in [5, 5.41) is 0. The van der Waals surface area contributed by atoms with Gasteiger partial charge in [-0.2, -0.15) is 8.78 Å². The number of hydrogen-bond donors (Lipinski definition) is 0. The van der Waals surface area contributed by atoms with E-state index >= 15 is 0 Å². The van der Waals surface area contributed by atoms with Gasteiger partial charge in [-0.25, -0.2) is 0 Å². The zero-order chi connectivity index (χ0) is 15.4. The lowest BCUT2D eigenvalue weighted by Crippen LogP contribution is -2.23. The van der Waals surface area contributed by atoms with Crippen molar-refractivity contribution in [2.75, 3.05) is 7.11 Å². The minimum absolute atomic E-state index is 0.0668. The van der Waals surface area contributed by atoms with Crippen molar-refractivity contribution in [2.24, 2.45) is 5.92 Å². The van der Waals surface area contributed by atoms with Crippen LogP contribution < -0.4 is 9.47 Å². The summed E-state index contributed by atoms with van der Waals surface area (Å²) in [7, 11) is 1.33. The number of rotatable bonds is 5. The van der Waals surface area contributed by atoms with Crippen LogP contribution in [0.15, 0.2) is 18.2 Å². The quantitative estimate of drug-likeness (QED) is 0.783. The van der Waals surface area contributed by atoms with E-state index in [1.165, 1.54) is 25.3 Å². The third-order valence-electron chi connectivity index (χ3n) is 3.52. The van der Waals surface area contributed by atoms with Crippen LogP contribution >= 0.6 is 0 Å². The lowest BCUT2D eigenvalue weighted by atomic mass is 9.83. The second-order valence-electron chi connectivity index (χ2n) is 4.94. The summed E-state index contributed by atoms with van der Waals surface area (Å²) in [4.78, 5) is 23.8. The van der Waals surface area contributed by atoms with Crippen molar-refractivity contribution in [3.8, 4) is 11.5 Å². The zero-order valence-electron chi connectivity index (χ0n) is 11.6.